The highest BCUT2D eigenvalue weighted by Gasteiger charge is 2.42. The number of hydrogen-bond donors (Lipinski definition) is 2. The van der Waals surface area contributed by atoms with Crippen LogP contribution >= 0.6 is 12.6 Å². The van der Waals surface area contributed by atoms with E-state index in [1.54, 1.807) is 0 Å². The minimum Gasteiger partial charge on any atom is -0.468 e. The van der Waals surface area contributed by atoms with E-state index in [9.17, 15) is 22.4 Å². The largest absolute Gasteiger partial charge is 0.468 e. The molecule has 1 N–H and O–H groups in total. The molecule has 0 aromatic heterocycles. The molecular weight excluding hydrogens is 298 g/mol. The van der Waals surface area contributed by atoms with Gasteiger partial charge in [0.25, 0.3) is 0 Å². The molecule has 1 aromatic carbocycles. The van der Waals surface area contributed by atoms with E-state index in [2.05, 4.69) is 22.7 Å². The lowest BCUT2D eigenvalue weighted by Crippen LogP contribution is -2.46. The first-order chi connectivity index (χ1) is 9.29. The Morgan fingerprint density at radius 2 is 1.90 bits per heavy atom. The van der Waals surface area contributed by atoms with Crippen LogP contribution < -0.4 is 5.32 Å². The summed E-state index contributed by atoms with van der Waals surface area (Å²) >= 11 is 3.82. The highest BCUT2D eigenvalue weighted by molar-refractivity contribution is 7.80. The standard InChI is InChI=1S/C12H13F4NO2S/c1-19-11(18)9(6-20)17-10(12(14,15)16)7-2-4-8(13)5-3-7/h2-5,9-10,17,20H,6H2,1H3. The van der Waals surface area contributed by atoms with E-state index in [-0.39, 0.29) is 11.3 Å². The molecule has 1 aromatic rings. The number of thiol groups is 1. The van der Waals surface area contributed by atoms with Gasteiger partial charge in [-0.2, -0.15) is 25.8 Å². The van der Waals surface area contributed by atoms with Gasteiger partial charge in [-0.25, -0.2) is 4.39 Å². The Hall–Kier alpha value is -1.28. The summed E-state index contributed by atoms with van der Waals surface area (Å²) < 4.78 is 56.3. The molecule has 0 heterocycles. The van der Waals surface area contributed by atoms with Crippen LogP contribution in [-0.4, -0.2) is 31.1 Å². The lowest BCUT2D eigenvalue weighted by molar-refractivity contribution is -0.163. The molecule has 0 saturated heterocycles. The molecule has 1 rings (SSSR count). The van der Waals surface area contributed by atoms with Crippen molar-refractivity contribution in [3.8, 4) is 0 Å². The first kappa shape index (κ1) is 16.8. The molecule has 3 nitrogen and oxygen atoms in total. The average Bonchev–Trinajstić information content (AvgIpc) is 2.39. The second-order valence-corrected chi connectivity index (χ2v) is 4.32. The maximum atomic E-state index is 13.0. The third-order valence-corrected chi connectivity index (χ3v) is 2.93. The maximum absolute atomic E-state index is 13.0. The van der Waals surface area contributed by atoms with Gasteiger partial charge in [0.1, 0.15) is 17.9 Å². The Morgan fingerprint density at radius 3 is 2.30 bits per heavy atom. The Kier molecular flexibility index (Phi) is 5.82. The van der Waals surface area contributed by atoms with Crippen molar-refractivity contribution in [1.29, 1.82) is 0 Å². The molecule has 112 valence electrons. The first-order valence-electron chi connectivity index (χ1n) is 5.56. The highest BCUT2D eigenvalue weighted by Crippen LogP contribution is 2.33. The second kappa shape index (κ2) is 6.94. The molecule has 2 atom stereocenters. The summed E-state index contributed by atoms with van der Waals surface area (Å²) in [5, 5.41) is 2.13. The Bertz CT molecular complexity index is 450. The monoisotopic (exact) mass is 311 g/mol. The van der Waals surface area contributed by atoms with Gasteiger partial charge in [-0.1, -0.05) is 12.1 Å². The SMILES string of the molecule is COC(=O)C(CS)NC(c1ccc(F)cc1)C(F)(F)F. The zero-order valence-corrected chi connectivity index (χ0v) is 11.3. The molecule has 0 amide bonds. The van der Waals surface area contributed by atoms with E-state index >= 15 is 0 Å². The molecular formula is C12H13F4NO2S. The molecule has 0 spiro atoms. The number of ether oxygens (including phenoxy) is 1. The van der Waals surface area contributed by atoms with Crippen LogP contribution in [0, 0.1) is 5.82 Å². The molecule has 8 heteroatoms. The van der Waals surface area contributed by atoms with Gasteiger partial charge in [0.05, 0.1) is 7.11 Å². The summed E-state index contributed by atoms with van der Waals surface area (Å²) in [6, 6.07) is 0.521. The van der Waals surface area contributed by atoms with Gasteiger partial charge >= 0.3 is 12.1 Å². The molecule has 2 unspecified atom stereocenters. The number of carbonyl (C=O) groups excluding carboxylic acids is 1. The predicted molar refractivity (Wildman–Crippen MR) is 68.0 cm³/mol. The van der Waals surface area contributed by atoms with Crippen LogP contribution in [0.25, 0.3) is 0 Å². The number of halogens is 4. The van der Waals surface area contributed by atoms with Crippen molar-refractivity contribution in [2.45, 2.75) is 18.3 Å². The number of hydrogen-bond acceptors (Lipinski definition) is 4. The van der Waals surface area contributed by atoms with Crippen LogP contribution in [0.15, 0.2) is 24.3 Å². The third kappa shape index (κ3) is 4.38. The van der Waals surface area contributed by atoms with Crippen LogP contribution in [0.5, 0.6) is 0 Å². The summed E-state index contributed by atoms with van der Waals surface area (Å²) in [7, 11) is 1.07. The normalized spacial score (nSPS) is 14.7. The zero-order chi connectivity index (χ0) is 15.3. The highest BCUT2D eigenvalue weighted by atomic mass is 32.1. The summed E-state index contributed by atoms with van der Waals surface area (Å²) in [6.45, 7) is 0. The van der Waals surface area contributed by atoms with E-state index in [4.69, 9.17) is 0 Å². The fraction of sp³-hybridized carbons (Fsp3) is 0.417. The number of alkyl halides is 3. The van der Waals surface area contributed by atoms with Gasteiger partial charge < -0.3 is 4.74 Å². The van der Waals surface area contributed by atoms with E-state index < -0.39 is 30.0 Å². The van der Waals surface area contributed by atoms with Gasteiger partial charge in [0, 0.05) is 5.75 Å². The summed E-state index contributed by atoms with van der Waals surface area (Å²) in [5.74, 6) is -1.66. The summed E-state index contributed by atoms with van der Waals surface area (Å²) in [6.07, 6.45) is -4.65. The predicted octanol–water partition coefficient (Wildman–Crippen LogP) is 2.49. The molecule has 0 radical (unpaired) electrons. The quantitative estimate of drug-likeness (QED) is 0.498. The van der Waals surface area contributed by atoms with Crippen molar-refractivity contribution in [3.05, 3.63) is 35.6 Å². The van der Waals surface area contributed by atoms with Crippen molar-refractivity contribution >= 4 is 18.6 Å². The van der Waals surface area contributed by atoms with Crippen molar-refractivity contribution in [3.63, 3.8) is 0 Å². The Labute approximate surface area is 118 Å². The van der Waals surface area contributed by atoms with Crippen LogP contribution in [0.2, 0.25) is 0 Å². The first-order valence-corrected chi connectivity index (χ1v) is 6.19. The Morgan fingerprint density at radius 1 is 1.35 bits per heavy atom. The van der Waals surface area contributed by atoms with E-state index in [1.165, 1.54) is 0 Å². The number of carbonyl (C=O) groups is 1. The van der Waals surface area contributed by atoms with Crippen LogP contribution in [0.4, 0.5) is 17.6 Å². The summed E-state index contributed by atoms with van der Waals surface area (Å²) in [4.78, 5) is 11.3. The van der Waals surface area contributed by atoms with Gasteiger partial charge in [-0.3, -0.25) is 10.1 Å². The lowest BCUT2D eigenvalue weighted by Gasteiger charge is -2.25. The van der Waals surface area contributed by atoms with E-state index in [0.717, 1.165) is 31.4 Å². The number of benzene rings is 1. The van der Waals surface area contributed by atoms with E-state index in [0.29, 0.717) is 0 Å². The zero-order valence-electron chi connectivity index (χ0n) is 10.4. The van der Waals surface area contributed by atoms with Crippen molar-refractivity contribution in [2.75, 3.05) is 12.9 Å². The van der Waals surface area contributed by atoms with Gasteiger partial charge in [-0.15, -0.1) is 0 Å². The number of rotatable bonds is 5. The third-order valence-electron chi connectivity index (χ3n) is 2.57. The van der Waals surface area contributed by atoms with Crippen LogP contribution in [0.3, 0.4) is 0 Å². The van der Waals surface area contributed by atoms with E-state index in [1.807, 2.05) is 0 Å². The van der Waals surface area contributed by atoms with Crippen LogP contribution in [-0.2, 0) is 9.53 Å². The molecule has 0 fully saturated rings. The van der Waals surface area contributed by atoms with Gasteiger partial charge in [-0.05, 0) is 17.7 Å². The molecule has 0 aliphatic carbocycles. The molecule has 0 bridgehead atoms. The topological polar surface area (TPSA) is 38.3 Å². The molecule has 0 saturated carbocycles. The molecule has 0 aliphatic rings. The molecule has 20 heavy (non-hydrogen) atoms. The molecule has 0 aliphatic heterocycles. The van der Waals surface area contributed by atoms with Crippen LogP contribution in [0.1, 0.15) is 11.6 Å². The maximum Gasteiger partial charge on any atom is 0.407 e. The fourth-order valence-electron chi connectivity index (χ4n) is 1.57. The van der Waals surface area contributed by atoms with Crippen molar-refractivity contribution < 1.29 is 27.1 Å². The van der Waals surface area contributed by atoms with Gasteiger partial charge in [0.15, 0.2) is 0 Å². The number of esters is 1. The second-order valence-electron chi connectivity index (χ2n) is 3.95. The fourth-order valence-corrected chi connectivity index (χ4v) is 1.83. The smallest absolute Gasteiger partial charge is 0.407 e. The lowest BCUT2D eigenvalue weighted by atomic mass is 10.1. The van der Waals surface area contributed by atoms with Gasteiger partial charge in [0.2, 0.25) is 0 Å². The minimum atomic E-state index is -4.65. The van der Waals surface area contributed by atoms with Crippen molar-refractivity contribution in [1.82, 2.24) is 5.32 Å². The Balaban J connectivity index is 3.02. The number of methoxy groups -OCH3 is 1. The minimum absolute atomic E-state index is 0.166. The average molecular weight is 311 g/mol. The van der Waals surface area contributed by atoms with Crippen molar-refractivity contribution in [2.24, 2.45) is 0 Å². The number of nitrogens with one attached hydrogen (secondary N) is 1. The summed E-state index contributed by atoms with van der Waals surface area (Å²) in [5.41, 5.74) is -0.199.